The van der Waals surface area contributed by atoms with E-state index in [1.54, 1.807) is 0 Å². The Morgan fingerprint density at radius 1 is 1.10 bits per heavy atom. The van der Waals surface area contributed by atoms with Crippen molar-refractivity contribution in [2.24, 2.45) is 0 Å². The molecule has 0 radical (unpaired) electrons. The minimum Gasteiger partial charge on any atom is -0.396 e. The molecule has 0 unspecified atom stereocenters. The number of aliphatic hydroxyl groups excluding tert-OH is 1. The summed E-state index contributed by atoms with van der Waals surface area (Å²) in [6.07, 6.45) is 0.875. The van der Waals surface area contributed by atoms with Gasteiger partial charge in [-0.05, 0) is 6.42 Å². The molecule has 0 aromatic rings. The van der Waals surface area contributed by atoms with Gasteiger partial charge in [0, 0.05) is 26.6 Å². The van der Waals surface area contributed by atoms with Crippen LogP contribution in [0.3, 0.4) is 0 Å². The third-order valence-corrected chi connectivity index (χ3v) is 0.974. The Kier molecular flexibility index (Phi) is 8.70. The highest BCUT2D eigenvalue weighted by molar-refractivity contribution is 4.49. The lowest BCUT2D eigenvalue weighted by Crippen LogP contribution is -2.47. The molecule has 4 heteroatoms. The van der Waals surface area contributed by atoms with Crippen LogP contribution < -0.4 is 16.0 Å². The Bertz CT molecular complexity index is 43.4. The van der Waals surface area contributed by atoms with Crippen molar-refractivity contribution in [3.63, 3.8) is 0 Å². The summed E-state index contributed by atoms with van der Waals surface area (Å²) in [4.78, 5) is 0. The summed E-state index contributed by atoms with van der Waals surface area (Å²) in [6.45, 7) is 5.06. The van der Waals surface area contributed by atoms with E-state index in [-0.39, 0.29) is 0 Å². The van der Waals surface area contributed by atoms with Gasteiger partial charge in [0.15, 0.2) is 0 Å². The van der Waals surface area contributed by atoms with E-state index < -0.39 is 0 Å². The first-order valence-electron chi connectivity index (χ1n) is 3.64. The maximum Gasteiger partial charge on any atom is 0.0474 e. The fraction of sp³-hybridized carbons (Fsp3) is 1.00. The second-order valence-electron chi connectivity index (χ2n) is 2.00. The molecule has 1 heterocycles. The number of hydrogen-bond acceptors (Lipinski definition) is 4. The number of aliphatic hydroxyl groups is 1. The van der Waals surface area contributed by atoms with Crippen LogP contribution in [-0.2, 0) is 0 Å². The van der Waals surface area contributed by atoms with Crippen molar-refractivity contribution in [2.75, 3.05) is 26.6 Å². The fourth-order valence-corrected chi connectivity index (χ4v) is 0.453. The van der Waals surface area contributed by atoms with Crippen LogP contribution in [0.5, 0.6) is 0 Å². The summed E-state index contributed by atoms with van der Waals surface area (Å²) in [5.74, 6) is 0. The van der Waals surface area contributed by atoms with Gasteiger partial charge in [0.2, 0.25) is 0 Å². The van der Waals surface area contributed by atoms with Crippen molar-refractivity contribution in [2.45, 2.75) is 13.3 Å². The Labute approximate surface area is 62.0 Å². The molecule has 0 amide bonds. The van der Waals surface area contributed by atoms with Gasteiger partial charge in [-0.15, -0.1) is 0 Å². The van der Waals surface area contributed by atoms with Gasteiger partial charge in [0.25, 0.3) is 0 Å². The Morgan fingerprint density at radius 3 is 1.50 bits per heavy atom. The smallest absolute Gasteiger partial charge is 0.0474 e. The minimum absolute atomic E-state index is 0.319. The van der Waals surface area contributed by atoms with E-state index in [4.69, 9.17) is 5.11 Å². The van der Waals surface area contributed by atoms with Crippen molar-refractivity contribution >= 4 is 0 Å². The highest BCUT2D eigenvalue weighted by atomic mass is 16.2. The molecule has 62 valence electrons. The van der Waals surface area contributed by atoms with E-state index in [0.29, 0.717) is 6.61 Å². The minimum atomic E-state index is 0.319. The summed E-state index contributed by atoms with van der Waals surface area (Å²) in [5, 5.41) is 17.1. The zero-order valence-electron chi connectivity index (χ0n) is 6.48. The van der Waals surface area contributed by atoms with E-state index in [1.807, 2.05) is 6.92 Å². The molecule has 0 spiro atoms. The zero-order valence-corrected chi connectivity index (χ0v) is 6.48. The number of nitrogens with one attached hydrogen (secondary N) is 3. The van der Waals surface area contributed by atoms with Crippen LogP contribution in [-0.4, -0.2) is 31.7 Å². The lowest BCUT2D eigenvalue weighted by molar-refractivity contribution is 0.295. The van der Waals surface area contributed by atoms with Gasteiger partial charge < -0.3 is 5.11 Å². The molecule has 0 saturated carbocycles. The number of rotatable bonds is 1. The van der Waals surface area contributed by atoms with Crippen LogP contribution >= 0.6 is 0 Å². The van der Waals surface area contributed by atoms with Gasteiger partial charge in [0.1, 0.15) is 0 Å². The summed E-state index contributed by atoms with van der Waals surface area (Å²) < 4.78 is 0. The van der Waals surface area contributed by atoms with Crippen molar-refractivity contribution in [3.8, 4) is 0 Å². The fourth-order valence-electron chi connectivity index (χ4n) is 0.453. The Balaban J connectivity index is 0.000000180. The highest BCUT2D eigenvalue weighted by Crippen LogP contribution is 1.61. The Hall–Kier alpha value is -0.160. The molecule has 0 aromatic heterocycles. The zero-order chi connectivity index (χ0) is 7.66. The molecule has 1 aliphatic heterocycles. The van der Waals surface area contributed by atoms with Crippen LogP contribution in [0, 0.1) is 0 Å². The van der Waals surface area contributed by atoms with Crippen LogP contribution in [0.4, 0.5) is 0 Å². The van der Waals surface area contributed by atoms with Crippen molar-refractivity contribution < 1.29 is 5.11 Å². The van der Waals surface area contributed by atoms with Crippen molar-refractivity contribution in [1.82, 2.24) is 16.0 Å². The van der Waals surface area contributed by atoms with E-state index in [0.717, 1.165) is 26.4 Å². The van der Waals surface area contributed by atoms with E-state index in [2.05, 4.69) is 16.0 Å². The summed E-state index contributed by atoms with van der Waals surface area (Å²) >= 11 is 0. The van der Waals surface area contributed by atoms with E-state index >= 15 is 0 Å². The predicted octanol–water partition coefficient (Wildman–Crippen LogP) is -0.970. The lowest BCUT2D eigenvalue weighted by Gasteiger charge is -2.13. The summed E-state index contributed by atoms with van der Waals surface area (Å²) in [5.41, 5.74) is 0. The van der Waals surface area contributed by atoms with Crippen LogP contribution in [0.25, 0.3) is 0 Å². The largest absolute Gasteiger partial charge is 0.396 e. The molecule has 0 bridgehead atoms. The number of hydrogen-bond donors (Lipinski definition) is 4. The molecule has 0 aliphatic carbocycles. The molecule has 0 atom stereocenters. The van der Waals surface area contributed by atoms with Crippen LogP contribution in [0.1, 0.15) is 13.3 Å². The van der Waals surface area contributed by atoms with E-state index in [9.17, 15) is 0 Å². The predicted molar refractivity (Wildman–Crippen MR) is 41.4 cm³/mol. The summed E-state index contributed by atoms with van der Waals surface area (Å²) in [7, 11) is 0. The Morgan fingerprint density at radius 2 is 1.40 bits per heavy atom. The maximum atomic E-state index is 7.88. The van der Waals surface area contributed by atoms with Crippen molar-refractivity contribution in [1.29, 1.82) is 0 Å². The highest BCUT2D eigenvalue weighted by Gasteiger charge is 1.89. The molecule has 4 nitrogen and oxygen atoms in total. The van der Waals surface area contributed by atoms with Gasteiger partial charge in [-0.2, -0.15) is 0 Å². The van der Waals surface area contributed by atoms with E-state index in [1.165, 1.54) is 0 Å². The molecular weight excluding hydrogens is 130 g/mol. The van der Waals surface area contributed by atoms with Gasteiger partial charge >= 0.3 is 0 Å². The molecule has 4 N–H and O–H groups in total. The van der Waals surface area contributed by atoms with Gasteiger partial charge in [-0.3, -0.25) is 16.0 Å². The monoisotopic (exact) mass is 147 g/mol. The molecular formula is C6H17N3O. The molecule has 1 aliphatic rings. The maximum absolute atomic E-state index is 7.88. The normalized spacial score (nSPS) is 17.4. The molecule has 0 aromatic carbocycles. The van der Waals surface area contributed by atoms with Gasteiger partial charge in [-0.1, -0.05) is 6.92 Å². The third-order valence-electron chi connectivity index (χ3n) is 0.974. The first-order valence-corrected chi connectivity index (χ1v) is 3.64. The van der Waals surface area contributed by atoms with Crippen LogP contribution in [0.15, 0.2) is 0 Å². The lowest BCUT2D eigenvalue weighted by atomic mass is 10.5. The average Bonchev–Trinajstić information content (AvgIpc) is 2.08. The van der Waals surface area contributed by atoms with Crippen LogP contribution in [0.2, 0.25) is 0 Å². The molecule has 1 saturated heterocycles. The second-order valence-corrected chi connectivity index (χ2v) is 2.00. The molecule has 1 rings (SSSR count). The van der Waals surface area contributed by atoms with Crippen molar-refractivity contribution in [3.05, 3.63) is 0 Å². The molecule has 10 heavy (non-hydrogen) atoms. The second kappa shape index (κ2) is 8.84. The first kappa shape index (κ1) is 9.84. The standard InChI is InChI=1S/C3H9N3.C3H8O/c1-4-2-6-3-5-1;1-2-3-4/h4-6H,1-3H2;4H,2-3H2,1H3. The summed E-state index contributed by atoms with van der Waals surface area (Å²) in [6, 6.07) is 0. The van der Waals surface area contributed by atoms with Gasteiger partial charge in [0.05, 0.1) is 0 Å². The third kappa shape index (κ3) is 7.84. The topological polar surface area (TPSA) is 56.3 Å². The van der Waals surface area contributed by atoms with Gasteiger partial charge in [-0.25, -0.2) is 0 Å². The molecule has 1 fully saturated rings. The first-order chi connectivity index (χ1) is 4.91. The average molecular weight is 147 g/mol. The SMILES string of the molecule is C1NCNCN1.CCCO. The quantitative estimate of drug-likeness (QED) is 0.385.